The number of aromatic nitrogens is 4. The first-order valence-corrected chi connectivity index (χ1v) is 12.8. The molecule has 0 radical (unpaired) electrons. The lowest BCUT2D eigenvalue weighted by molar-refractivity contribution is -0.308. The number of likely N-dealkylation sites (tertiary alicyclic amines) is 1. The summed E-state index contributed by atoms with van der Waals surface area (Å²) < 4.78 is 110. The second-order valence-electron chi connectivity index (χ2n) is 8.42. The lowest BCUT2D eigenvalue weighted by Gasteiger charge is -2.33. The van der Waals surface area contributed by atoms with Crippen LogP contribution in [0.3, 0.4) is 0 Å². The number of fused-ring (bicyclic) bond motifs is 1. The lowest BCUT2D eigenvalue weighted by atomic mass is 10.1. The fourth-order valence-electron chi connectivity index (χ4n) is 3.84. The first-order chi connectivity index (χ1) is 17.6. The van der Waals surface area contributed by atoms with Crippen molar-refractivity contribution in [3.8, 4) is 11.6 Å². The second-order valence-corrected chi connectivity index (χ2v) is 10.4. The highest BCUT2D eigenvalue weighted by Gasteiger charge is 2.60. The molecule has 1 amide bonds. The number of ether oxygens (including phenoxy) is 2. The van der Waals surface area contributed by atoms with Gasteiger partial charge in [-0.1, -0.05) is 0 Å². The fraction of sp³-hybridized carbons (Fsp3) is 0.429. The van der Waals surface area contributed by atoms with Crippen LogP contribution in [0.2, 0.25) is 0 Å². The molecule has 10 nitrogen and oxygen atoms in total. The summed E-state index contributed by atoms with van der Waals surface area (Å²) in [5.74, 6) is 0.424. The Labute approximate surface area is 211 Å². The Hall–Kier alpha value is -3.63. The number of halogens is 6. The van der Waals surface area contributed by atoms with Gasteiger partial charge in [0.1, 0.15) is 17.5 Å². The van der Waals surface area contributed by atoms with Crippen LogP contribution in [0.15, 0.2) is 41.7 Å². The lowest BCUT2D eigenvalue weighted by Crippen LogP contribution is -2.49. The van der Waals surface area contributed by atoms with Gasteiger partial charge in [0.15, 0.2) is 15.5 Å². The van der Waals surface area contributed by atoms with E-state index in [4.69, 9.17) is 4.74 Å². The standard InChI is InChI=1S/C21H19F6N5O5S/c1-38(34,35)14-4-2-13(3-5-14)36-17-15-10-30-32(16(15)28-11-29-17)12-6-8-31(9-7-12)19(33)37-18(20(22,23)24)21(25,26)27/h2-5,10-12,18H,6-9H2,1H3. The summed E-state index contributed by atoms with van der Waals surface area (Å²) in [6.45, 7) is -0.344. The van der Waals surface area contributed by atoms with E-state index in [1.807, 2.05) is 0 Å². The van der Waals surface area contributed by atoms with E-state index in [9.17, 15) is 39.6 Å². The van der Waals surface area contributed by atoms with Gasteiger partial charge in [-0.25, -0.2) is 27.9 Å². The Bertz CT molecular complexity index is 1400. The number of alkyl halides is 6. The van der Waals surface area contributed by atoms with Crippen LogP contribution < -0.4 is 4.74 Å². The third kappa shape index (κ3) is 5.92. The maximum Gasteiger partial charge on any atom is 0.434 e. The highest BCUT2D eigenvalue weighted by Crippen LogP contribution is 2.37. The number of benzene rings is 1. The third-order valence-electron chi connectivity index (χ3n) is 5.70. The minimum absolute atomic E-state index is 0.105. The van der Waals surface area contributed by atoms with Crippen LogP contribution in [0.5, 0.6) is 11.6 Å². The van der Waals surface area contributed by atoms with Gasteiger partial charge in [-0.15, -0.1) is 0 Å². The Balaban J connectivity index is 1.44. The monoisotopic (exact) mass is 567 g/mol. The molecule has 1 fully saturated rings. The van der Waals surface area contributed by atoms with Crippen molar-refractivity contribution in [1.82, 2.24) is 24.6 Å². The van der Waals surface area contributed by atoms with Gasteiger partial charge in [0.2, 0.25) is 5.88 Å². The fourth-order valence-corrected chi connectivity index (χ4v) is 4.47. The molecule has 4 rings (SSSR count). The van der Waals surface area contributed by atoms with Crippen LogP contribution in [0.4, 0.5) is 31.1 Å². The summed E-state index contributed by atoms with van der Waals surface area (Å²) in [6, 6.07) is 5.26. The molecule has 206 valence electrons. The number of carbonyl (C=O) groups is 1. The van der Waals surface area contributed by atoms with Crippen molar-refractivity contribution in [2.75, 3.05) is 19.3 Å². The highest BCUT2D eigenvalue weighted by molar-refractivity contribution is 7.90. The number of amides is 1. The van der Waals surface area contributed by atoms with E-state index in [2.05, 4.69) is 19.8 Å². The number of piperidine rings is 1. The zero-order chi connectivity index (χ0) is 27.9. The topological polar surface area (TPSA) is 117 Å². The van der Waals surface area contributed by atoms with Crippen molar-refractivity contribution in [1.29, 1.82) is 0 Å². The van der Waals surface area contributed by atoms with Crippen LogP contribution >= 0.6 is 0 Å². The van der Waals surface area contributed by atoms with E-state index in [0.29, 0.717) is 16.8 Å². The smallest absolute Gasteiger partial charge is 0.434 e. The van der Waals surface area contributed by atoms with Crippen molar-refractivity contribution >= 4 is 27.0 Å². The van der Waals surface area contributed by atoms with Crippen molar-refractivity contribution < 1.29 is 49.0 Å². The van der Waals surface area contributed by atoms with E-state index in [0.717, 1.165) is 11.2 Å². The molecule has 3 aromatic rings. The molecular formula is C21H19F6N5O5S. The maximum atomic E-state index is 12.7. The SMILES string of the molecule is CS(=O)(=O)c1ccc(Oc2ncnc3c2cnn3C2CCN(C(=O)OC(C(F)(F)F)C(F)(F)F)CC2)cc1. The van der Waals surface area contributed by atoms with Gasteiger partial charge in [0.25, 0.3) is 6.10 Å². The Morgan fingerprint density at radius 1 is 1.03 bits per heavy atom. The van der Waals surface area contributed by atoms with Crippen molar-refractivity contribution in [3.63, 3.8) is 0 Å². The van der Waals surface area contributed by atoms with E-state index < -0.39 is 34.4 Å². The van der Waals surface area contributed by atoms with Crippen molar-refractivity contribution in [2.24, 2.45) is 0 Å². The van der Waals surface area contributed by atoms with Crippen LogP contribution in [0.25, 0.3) is 11.0 Å². The zero-order valence-corrected chi connectivity index (χ0v) is 20.2. The Kier molecular flexibility index (Phi) is 7.15. The molecular weight excluding hydrogens is 548 g/mol. The minimum Gasteiger partial charge on any atom is -0.438 e. The summed E-state index contributed by atoms with van der Waals surface area (Å²) in [5.41, 5.74) is 0.345. The van der Waals surface area contributed by atoms with Crippen LogP contribution in [-0.4, -0.2) is 77.0 Å². The molecule has 0 aliphatic carbocycles. The molecule has 0 spiro atoms. The number of nitrogens with zero attached hydrogens (tertiary/aromatic N) is 5. The Morgan fingerprint density at radius 2 is 1.63 bits per heavy atom. The molecule has 1 aromatic carbocycles. The highest BCUT2D eigenvalue weighted by atomic mass is 32.2. The Morgan fingerprint density at radius 3 is 2.18 bits per heavy atom. The van der Waals surface area contributed by atoms with Gasteiger partial charge in [0, 0.05) is 19.3 Å². The molecule has 17 heteroatoms. The molecule has 0 N–H and O–H groups in total. The van der Waals surface area contributed by atoms with E-state index in [1.54, 1.807) is 0 Å². The summed E-state index contributed by atoms with van der Waals surface area (Å²) >= 11 is 0. The second kappa shape index (κ2) is 9.92. The van der Waals surface area contributed by atoms with Crippen LogP contribution in [0.1, 0.15) is 18.9 Å². The largest absolute Gasteiger partial charge is 0.438 e. The molecule has 1 saturated heterocycles. The summed E-state index contributed by atoms with van der Waals surface area (Å²) in [4.78, 5) is 21.2. The number of carbonyl (C=O) groups excluding carboxylic acids is 1. The van der Waals surface area contributed by atoms with Crippen LogP contribution in [-0.2, 0) is 14.6 Å². The predicted octanol–water partition coefficient (Wildman–Crippen LogP) is 4.29. The van der Waals surface area contributed by atoms with Crippen molar-refractivity contribution in [2.45, 2.75) is 42.2 Å². The number of hydrogen-bond donors (Lipinski definition) is 0. The molecule has 2 aromatic heterocycles. The van der Waals surface area contributed by atoms with Gasteiger partial charge in [-0.05, 0) is 37.1 Å². The van der Waals surface area contributed by atoms with Gasteiger partial charge < -0.3 is 14.4 Å². The van der Waals surface area contributed by atoms with Gasteiger partial charge in [-0.2, -0.15) is 31.4 Å². The zero-order valence-electron chi connectivity index (χ0n) is 19.4. The molecule has 1 aliphatic rings. The maximum absolute atomic E-state index is 12.7. The van der Waals surface area contributed by atoms with E-state index in [-0.39, 0.29) is 42.7 Å². The average Bonchev–Trinajstić information content (AvgIpc) is 3.26. The quantitative estimate of drug-likeness (QED) is 0.420. The third-order valence-corrected chi connectivity index (χ3v) is 6.83. The first kappa shape index (κ1) is 27.4. The number of hydrogen-bond acceptors (Lipinski definition) is 8. The predicted molar refractivity (Wildman–Crippen MR) is 117 cm³/mol. The van der Waals surface area contributed by atoms with E-state index in [1.165, 1.54) is 41.5 Å². The number of rotatable bonds is 5. The first-order valence-electron chi connectivity index (χ1n) is 10.9. The normalized spacial score (nSPS) is 15.7. The molecule has 0 bridgehead atoms. The summed E-state index contributed by atoms with van der Waals surface area (Å²) in [7, 11) is -3.39. The summed E-state index contributed by atoms with van der Waals surface area (Å²) in [5, 5.41) is 4.68. The van der Waals surface area contributed by atoms with E-state index >= 15 is 0 Å². The molecule has 38 heavy (non-hydrogen) atoms. The van der Waals surface area contributed by atoms with Crippen molar-refractivity contribution in [3.05, 3.63) is 36.8 Å². The van der Waals surface area contributed by atoms with Crippen LogP contribution in [0, 0.1) is 0 Å². The molecule has 0 atom stereocenters. The summed E-state index contributed by atoms with van der Waals surface area (Å²) in [6.07, 6.45) is -13.5. The minimum atomic E-state index is -5.80. The van der Waals surface area contributed by atoms with Gasteiger partial charge >= 0.3 is 18.4 Å². The number of sulfone groups is 1. The molecule has 0 saturated carbocycles. The molecule has 3 heterocycles. The average molecular weight is 567 g/mol. The molecule has 0 unspecified atom stereocenters. The molecule has 1 aliphatic heterocycles. The van der Waals surface area contributed by atoms with Gasteiger partial charge in [0.05, 0.1) is 17.1 Å². The van der Waals surface area contributed by atoms with Gasteiger partial charge in [-0.3, -0.25) is 0 Å².